The van der Waals surface area contributed by atoms with E-state index in [1.807, 2.05) is 18.2 Å². The van der Waals surface area contributed by atoms with Gasteiger partial charge in [0.2, 0.25) is 0 Å². The molecule has 0 aliphatic heterocycles. The summed E-state index contributed by atoms with van der Waals surface area (Å²) < 4.78 is 33.6. The molecule has 0 saturated carbocycles. The Hall–Kier alpha value is -3.61. The van der Waals surface area contributed by atoms with Gasteiger partial charge in [-0.15, -0.1) is 0 Å². The molecule has 0 unspecified atom stereocenters. The zero-order valence-corrected chi connectivity index (χ0v) is 14.2. The van der Waals surface area contributed by atoms with Crippen LogP contribution in [0.2, 0.25) is 0 Å². The minimum Gasteiger partial charge on any atom is -0.496 e. The summed E-state index contributed by atoms with van der Waals surface area (Å²) in [6, 6.07) is 13.6. The lowest BCUT2D eigenvalue weighted by Gasteiger charge is -2.10. The van der Waals surface area contributed by atoms with Gasteiger partial charge in [0.25, 0.3) is 5.56 Å². The quantitative estimate of drug-likeness (QED) is 0.555. The first-order chi connectivity index (χ1) is 13.1. The van der Waals surface area contributed by atoms with Gasteiger partial charge in [0, 0.05) is 11.6 Å². The molecule has 0 radical (unpaired) electrons. The van der Waals surface area contributed by atoms with Crippen LogP contribution < -0.4 is 10.3 Å². The Morgan fingerprint density at radius 1 is 1.04 bits per heavy atom. The van der Waals surface area contributed by atoms with E-state index in [0.29, 0.717) is 28.6 Å². The van der Waals surface area contributed by atoms with Crippen molar-refractivity contribution in [1.82, 2.24) is 14.5 Å². The molecule has 4 aromatic rings. The zero-order chi connectivity index (χ0) is 19.0. The van der Waals surface area contributed by atoms with E-state index >= 15 is 0 Å². The first-order valence-electron chi connectivity index (χ1n) is 8.05. The van der Waals surface area contributed by atoms with E-state index in [1.165, 1.54) is 12.4 Å². The monoisotopic (exact) mass is 365 g/mol. The van der Waals surface area contributed by atoms with Crippen LogP contribution in [-0.2, 0) is 0 Å². The second-order valence-electron chi connectivity index (χ2n) is 5.78. The number of pyridine rings is 1. The predicted octanol–water partition coefficient (Wildman–Crippen LogP) is 3.73. The Morgan fingerprint density at radius 2 is 1.85 bits per heavy atom. The summed E-state index contributed by atoms with van der Waals surface area (Å²) in [5.41, 5.74) is 1.03. The lowest BCUT2D eigenvalue weighted by Crippen LogP contribution is -2.21. The average Bonchev–Trinajstić information content (AvgIpc) is 2.69. The Bertz CT molecular complexity index is 1220. The maximum Gasteiger partial charge on any atom is 0.284 e. The van der Waals surface area contributed by atoms with Crippen LogP contribution in [0.5, 0.6) is 5.75 Å². The van der Waals surface area contributed by atoms with Crippen molar-refractivity contribution in [1.29, 1.82) is 0 Å². The molecule has 2 heterocycles. The summed E-state index contributed by atoms with van der Waals surface area (Å²) in [6.45, 7) is 0. The van der Waals surface area contributed by atoms with Crippen molar-refractivity contribution in [3.05, 3.63) is 82.9 Å². The molecule has 4 rings (SSSR count). The summed E-state index contributed by atoms with van der Waals surface area (Å²) in [5.74, 6) is -0.980. The Kier molecular flexibility index (Phi) is 4.12. The molecular weight excluding hydrogens is 352 g/mol. The minimum absolute atomic E-state index is 0.0737. The fourth-order valence-electron chi connectivity index (χ4n) is 2.85. The number of hydrogen-bond donors (Lipinski definition) is 0. The lowest BCUT2D eigenvalue weighted by molar-refractivity contribution is 0.416. The van der Waals surface area contributed by atoms with Gasteiger partial charge in [0.15, 0.2) is 5.52 Å². The number of hydrogen-bond acceptors (Lipinski definition) is 4. The first-order valence-corrected chi connectivity index (χ1v) is 8.05. The van der Waals surface area contributed by atoms with Gasteiger partial charge in [0.05, 0.1) is 24.0 Å². The summed E-state index contributed by atoms with van der Waals surface area (Å²) in [5, 5.41) is 0. The molecule has 7 heteroatoms. The minimum atomic E-state index is -0.862. The zero-order valence-electron chi connectivity index (χ0n) is 14.2. The summed E-state index contributed by atoms with van der Waals surface area (Å²) in [6.07, 6.45) is 1.20. The highest BCUT2D eigenvalue weighted by Crippen LogP contribution is 2.28. The molecule has 0 spiro atoms. The third-order valence-corrected chi connectivity index (χ3v) is 4.16. The molecule has 134 valence electrons. The fourth-order valence-corrected chi connectivity index (χ4v) is 2.85. The van der Waals surface area contributed by atoms with E-state index in [-0.39, 0.29) is 11.2 Å². The predicted molar refractivity (Wildman–Crippen MR) is 97.0 cm³/mol. The number of fused-ring (bicyclic) bond motifs is 1. The third-order valence-electron chi connectivity index (χ3n) is 4.16. The molecule has 2 aromatic heterocycles. The smallest absolute Gasteiger partial charge is 0.284 e. The molecule has 5 nitrogen and oxygen atoms in total. The fraction of sp³-hybridized carbons (Fsp3) is 0.0500. The number of nitrogens with zero attached hydrogens (tertiary/aromatic N) is 3. The van der Waals surface area contributed by atoms with E-state index in [1.54, 1.807) is 25.3 Å². The van der Waals surface area contributed by atoms with Crippen molar-refractivity contribution in [2.45, 2.75) is 0 Å². The Morgan fingerprint density at radius 3 is 2.63 bits per heavy atom. The van der Waals surface area contributed by atoms with E-state index in [9.17, 15) is 13.6 Å². The number of para-hydroxylation sites is 1. The second-order valence-corrected chi connectivity index (χ2v) is 5.78. The highest BCUT2D eigenvalue weighted by molar-refractivity contribution is 5.78. The summed E-state index contributed by atoms with van der Waals surface area (Å²) in [4.78, 5) is 21.5. The second kappa shape index (κ2) is 6.60. The van der Waals surface area contributed by atoms with Gasteiger partial charge in [-0.3, -0.25) is 9.36 Å². The molecule has 0 N–H and O–H groups in total. The number of benzene rings is 2. The number of methoxy groups -OCH3 is 1. The normalized spacial score (nSPS) is 10.9. The molecule has 0 bridgehead atoms. The van der Waals surface area contributed by atoms with Gasteiger partial charge in [0.1, 0.15) is 23.7 Å². The van der Waals surface area contributed by atoms with Crippen LogP contribution in [0.4, 0.5) is 8.78 Å². The Balaban J connectivity index is 1.93. The van der Waals surface area contributed by atoms with Crippen LogP contribution >= 0.6 is 0 Å². The van der Waals surface area contributed by atoms with Gasteiger partial charge in [-0.1, -0.05) is 12.1 Å². The molecule has 0 saturated heterocycles. The molecule has 0 amide bonds. The molecule has 0 aliphatic rings. The summed E-state index contributed by atoms with van der Waals surface area (Å²) >= 11 is 0. The van der Waals surface area contributed by atoms with E-state index in [4.69, 9.17) is 4.74 Å². The van der Waals surface area contributed by atoms with Gasteiger partial charge in [-0.05, 0) is 36.4 Å². The molecular formula is C20H13F2N3O2. The maximum absolute atomic E-state index is 14.1. The van der Waals surface area contributed by atoms with E-state index in [2.05, 4.69) is 9.97 Å². The molecule has 2 aromatic carbocycles. The van der Waals surface area contributed by atoms with Crippen LogP contribution in [0.25, 0.3) is 28.0 Å². The molecule has 27 heavy (non-hydrogen) atoms. The van der Waals surface area contributed by atoms with Crippen LogP contribution in [0.1, 0.15) is 0 Å². The highest BCUT2D eigenvalue weighted by atomic mass is 19.1. The van der Waals surface area contributed by atoms with Gasteiger partial charge >= 0.3 is 0 Å². The van der Waals surface area contributed by atoms with Gasteiger partial charge in [-0.25, -0.2) is 18.7 Å². The maximum atomic E-state index is 14.1. The summed E-state index contributed by atoms with van der Waals surface area (Å²) in [7, 11) is 1.55. The molecule has 0 fully saturated rings. The van der Waals surface area contributed by atoms with Crippen molar-refractivity contribution in [3.8, 4) is 22.7 Å². The van der Waals surface area contributed by atoms with Crippen molar-refractivity contribution in [2.24, 2.45) is 0 Å². The average molecular weight is 365 g/mol. The third kappa shape index (κ3) is 2.93. The number of ether oxygens (including phenoxy) is 1. The van der Waals surface area contributed by atoms with Crippen LogP contribution in [0, 0.1) is 11.6 Å². The topological polar surface area (TPSA) is 57.0 Å². The first kappa shape index (κ1) is 16.8. The van der Waals surface area contributed by atoms with Crippen molar-refractivity contribution in [3.63, 3.8) is 0 Å². The van der Waals surface area contributed by atoms with E-state index < -0.39 is 17.2 Å². The Labute approximate surface area is 152 Å². The highest BCUT2D eigenvalue weighted by Gasteiger charge is 2.14. The van der Waals surface area contributed by atoms with Gasteiger partial charge < -0.3 is 4.74 Å². The molecule has 0 aliphatic carbocycles. The van der Waals surface area contributed by atoms with Crippen molar-refractivity contribution >= 4 is 11.0 Å². The van der Waals surface area contributed by atoms with Crippen molar-refractivity contribution < 1.29 is 13.5 Å². The molecule has 0 atom stereocenters. The van der Waals surface area contributed by atoms with Crippen molar-refractivity contribution in [2.75, 3.05) is 7.11 Å². The van der Waals surface area contributed by atoms with Crippen LogP contribution in [0.15, 0.2) is 65.7 Å². The number of rotatable bonds is 3. The lowest BCUT2D eigenvalue weighted by atomic mass is 10.1. The van der Waals surface area contributed by atoms with Crippen LogP contribution in [0.3, 0.4) is 0 Å². The largest absolute Gasteiger partial charge is 0.496 e. The standard InChI is InChI=1S/C20H13F2N3O2/c1-27-18-5-3-2-4-13(18)15-7-8-16-19(24-15)20(26)25(11-23-16)17-9-6-12(21)10-14(17)22/h2-11H,1H3. The van der Waals surface area contributed by atoms with Crippen LogP contribution in [-0.4, -0.2) is 21.6 Å². The SMILES string of the molecule is COc1ccccc1-c1ccc2ncn(-c3ccc(F)cc3F)c(=O)c2n1. The van der Waals surface area contributed by atoms with E-state index in [0.717, 1.165) is 10.6 Å². The number of aromatic nitrogens is 3. The van der Waals surface area contributed by atoms with Gasteiger partial charge in [-0.2, -0.15) is 0 Å². The number of halogens is 2.